The number of nitrogens with one attached hydrogen (secondary N) is 1. The molecule has 1 aromatic carbocycles. The van der Waals surface area contributed by atoms with Gasteiger partial charge in [0.25, 0.3) is 0 Å². The highest BCUT2D eigenvalue weighted by molar-refractivity contribution is 7.99. The van der Waals surface area contributed by atoms with Crippen LogP contribution in [0.2, 0.25) is 0 Å². The number of hydrazine groups is 1. The van der Waals surface area contributed by atoms with Gasteiger partial charge in [0.2, 0.25) is 0 Å². The Hall–Kier alpha value is -1.79. The van der Waals surface area contributed by atoms with Crippen molar-refractivity contribution in [3.05, 3.63) is 35.7 Å². The smallest absolute Gasteiger partial charge is 0.147 e. The largest absolute Gasteiger partial charge is 0.497 e. The Morgan fingerprint density at radius 3 is 2.81 bits per heavy atom. The average Bonchev–Trinajstić information content (AvgIpc) is 2.50. The number of methoxy groups -OCH3 is 1. The van der Waals surface area contributed by atoms with Crippen molar-refractivity contribution in [1.82, 2.24) is 9.97 Å². The summed E-state index contributed by atoms with van der Waals surface area (Å²) in [5, 5.41) is 0.912. The zero-order valence-electron chi connectivity index (χ0n) is 12.5. The van der Waals surface area contributed by atoms with Gasteiger partial charge in [0.1, 0.15) is 22.4 Å². The summed E-state index contributed by atoms with van der Waals surface area (Å²) in [6.45, 7) is 4.07. The first-order valence-electron chi connectivity index (χ1n) is 6.84. The predicted octanol–water partition coefficient (Wildman–Crippen LogP) is 3.18. The number of anilines is 1. The molecule has 0 spiro atoms. The zero-order chi connectivity index (χ0) is 15.2. The summed E-state index contributed by atoms with van der Waals surface area (Å²) in [5.74, 6) is 7.87. The molecule has 0 saturated carbocycles. The predicted molar refractivity (Wildman–Crippen MR) is 85.7 cm³/mol. The first-order valence-corrected chi connectivity index (χ1v) is 7.65. The van der Waals surface area contributed by atoms with E-state index in [4.69, 9.17) is 10.6 Å². The SMILES string of the molecule is CCCc1nc(NN)c(C)c(Sc2cccc(OC)c2)n1. The normalized spacial score (nSPS) is 10.5. The molecule has 112 valence electrons. The van der Waals surface area contributed by atoms with Gasteiger partial charge in [0.15, 0.2) is 0 Å². The topological polar surface area (TPSA) is 73.1 Å². The van der Waals surface area contributed by atoms with E-state index in [1.165, 1.54) is 0 Å². The van der Waals surface area contributed by atoms with Gasteiger partial charge in [-0.05, 0) is 31.5 Å². The lowest BCUT2D eigenvalue weighted by Gasteiger charge is -2.11. The maximum Gasteiger partial charge on any atom is 0.147 e. The molecule has 1 aromatic heterocycles. The quantitative estimate of drug-likeness (QED) is 0.485. The molecule has 0 unspecified atom stereocenters. The molecule has 0 bridgehead atoms. The van der Waals surface area contributed by atoms with Crippen LogP contribution in [0.25, 0.3) is 0 Å². The number of aromatic nitrogens is 2. The van der Waals surface area contributed by atoms with Crippen molar-refractivity contribution in [1.29, 1.82) is 0 Å². The number of nitrogen functional groups attached to an aromatic ring is 1. The zero-order valence-corrected chi connectivity index (χ0v) is 13.3. The summed E-state index contributed by atoms with van der Waals surface area (Å²) in [6.07, 6.45) is 1.83. The van der Waals surface area contributed by atoms with E-state index in [0.29, 0.717) is 5.82 Å². The third-order valence-electron chi connectivity index (χ3n) is 3.01. The third kappa shape index (κ3) is 3.86. The number of ether oxygens (including phenoxy) is 1. The van der Waals surface area contributed by atoms with E-state index in [0.717, 1.165) is 39.9 Å². The van der Waals surface area contributed by atoms with Crippen molar-refractivity contribution in [2.75, 3.05) is 12.5 Å². The Labute approximate surface area is 129 Å². The molecule has 0 fully saturated rings. The van der Waals surface area contributed by atoms with Gasteiger partial charge in [-0.1, -0.05) is 24.8 Å². The highest BCUT2D eigenvalue weighted by atomic mass is 32.2. The first kappa shape index (κ1) is 15.6. The summed E-state index contributed by atoms with van der Waals surface area (Å²) in [4.78, 5) is 10.1. The van der Waals surface area contributed by atoms with Crippen LogP contribution in [0.5, 0.6) is 5.75 Å². The summed E-state index contributed by atoms with van der Waals surface area (Å²) in [6, 6.07) is 7.91. The van der Waals surface area contributed by atoms with Crippen LogP contribution in [-0.4, -0.2) is 17.1 Å². The molecule has 6 heteroatoms. The number of benzene rings is 1. The summed E-state index contributed by atoms with van der Waals surface area (Å²) in [5.41, 5.74) is 3.60. The molecule has 0 radical (unpaired) electrons. The number of hydrogen-bond acceptors (Lipinski definition) is 6. The fraction of sp³-hybridized carbons (Fsp3) is 0.333. The van der Waals surface area contributed by atoms with Gasteiger partial charge in [0, 0.05) is 16.9 Å². The number of nitrogens with two attached hydrogens (primary N) is 1. The van der Waals surface area contributed by atoms with E-state index in [1.807, 2.05) is 31.2 Å². The summed E-state index contributed by atoms with van der Waals surface area (Å²) >= 11 is 1.59. The van der Waals surface area contributed by atoms with Crippen LogP contribution in [0, 0.1) is 6.92 Å². The molecule has 21 heavy (non-hydrogen) atoms. The molecule has 0 amide bonds. The highest BCUT2D eigenvalue weighted by Gasteiger charge is 2.11. The lowest BCUT2D eigenvalue weighted by atomic mass is 10.3. The molecule has 0 saturated heterocycles. The molecule has 2 rings (SSSR count). The van der Waals surface area contributed by atoms with Gasteiger partial charge in [0.05, 0.1) is 7.11 Å². The van der Waals surface area contributed by atoms with Gasteiger partial charge in [-0.15, -0.1) is 0 Å². The van der Waals surface area contributed by atoms with Crippen LogP contribution >= 0.6 is 11.8 Å². The monoisotopic (exact) mass is 304 g/mol. The van der Waals surface area contributed by atoms with E-state index >= 15 is 0 Å². The Kier molecular flexibility index (Phi) is 5.41. The van der Waals surface area contributed by atoms with Crippen LogP contribution in [0.4, 0.5) is 5.82 Å². The molecular weight excluding hydrogens is 284 g/mol. The van der Waals surface area contributed by atoms with E-state index in [1.54, 1.807) is 18.9 Å². The summed E-state index contributed by atoms with van der Waals surface area (Å²) in [7, 11) is 1.66. The van der Waals surface area contributed by atoms with Crippen molar-refractivity contribution in [3.63, 3.8) is 0 Å². The van der Waals surface area contributed by atoms with Gasteiger partial charge >= 0.3 is 0 Å². The lowest BCUT2D eigenvalue weighted by molar-refractivity contribution is 0.413. The minimum atomic E-state index is 0.679. The Morgan fingerprint density at radius 2 is 2.14 bits per heavy atom. The second-order valence-electron chi connectivity index (χ2n) is 4.59. The second-order valence-corrected chi connectivity index (χ2v) is 5.66. The van der Waals surface area contributed by atoms with Crippen LogP contribution in [0.3, 0.4) is 0 Å². The number of nitrogens with zero attached hydrogens (tertiary/aromatic N) is 2. The molecule has 0 aliphatic carbocycles. The molecule has 3 N–H and O–H groups in total. The number of aryl methyl sites for hydroxylation is 1. The highest BCUT2D eigenvalue weighted by Crippen LogP contribution is 2.32. The van der Waals surface area contributed by atoms with E-state index in [9.17, 15) is 0 Å². The summed E-state index contributed by atoms with van der Waals surface area (Å²) < 4.78 is 5.25. The lowest BCUT2D eigenvalue weighted by Crippen LogP contribution is -2.13. The molecular formula is C15H20N4OS. The van der Waals surface area contributed by atoms with Crippen molar-refractivity contribution >= 4 is 17.6 Å². The standard InChI is InChI=1S/C15H20N4OS/c1-4-6-13-17-14(19-16)10(2)15(18-13)21-12-8-5-7-11(9-12)20-3/h5,7-9H,4,6,16H2,1-3H3,(H,17,18,19). The van der Waals surface area contributed by atoms with E-state index in [-0.39, 0.29) is 0 Å². The van der Waals surface area contributed by atoms with Crippen molar-refractivity contribution in [2.24, 2.45) is 5.84 Å². The minimum Gasteiger partial charge on any atom is -0.497 e. The fourth-order valence-corrected chi connectivity index (χ4v) is 2.84. The van der Waals surface area contributed by atoms with Gasteiger partial charge in [-0.2, -0.15) is 0 Å². The number of rotatable bonds is 6. The Bertz CT molecular complexity index is 619. The van der Waals surface area contributed by atoms with Gasteiger partial charge in [-0.3, -0.25) is 0 Å². The minimum absolute atomic E-state index is 0.679. The average molecular weight is 304 g/mol. The Balaban J connectivity index is 2.35. The Morgan fingerprint density at radius 1 is 1.33 bits per heavy atom. The van der Waals surface area contributed by atoms with Gasteiger partial charge in [-0.25, -0.2) is 15.8 Å². The molecule has 0 aliphatic rings. The molecule has 0 atom stereocenters. The van der Waals surface area contributed by atoms with Crippen LogP contribution in [0.15, 0.2) is 34.2 Å². The first-order chi connectivity index (χ1) is 10.2. The molecule has 5 nitrogen and oxygen atoms in total. The number of hydrogen-bond donors (Lipinski definition) is 2. The van der Waals surface area contributed by atoms with Crippen molar-refractivity contribution in [3.8, 4) is 5.75 Å². The molecule has 1 heterocycles. The van der Waals surface area contributed by atoms with Crippen molar-refractivity contribution in [2.45, 2.75) is 36.6 Å². The van der Waals surface area contributed by atoms with Gasteiger partial charge < -0.3 is 10.2 Å². The van der Waals surface area contributed by atoms with Crippen LogP contribution < -0.4 is 16.0 Å². The van der Waals surface area contributed by atoms with Crippen LogP contribution in [0.1, 0.15) is 24.7 Å². The van der Waals surface area contributed by atoms with E-state index < -0.39 is 0 Å². The third-order valence-corrected chi connectivity index (χ3v) is 4.09. The second kappa shape index (κ2) is 7.28. The fourth-order valence-electron chi connectivity index (χ4n) is 1.89. The maximum absolute atomic E-state index is 5.55. The molecule has 2 aromatic rings. The van der Waals surface area contributed by atoms with Crippen LogP contribution in [-0.2, 0) is 6.42 Å². The van der Waals surface area contributed by atoms with Crippen molar-refractivity contribution < 1.29 is 4.74 Å². The molecule has 0 aliphatic heterocycles. The van der Waals surface area contributed by atoms with E-state index in [2.05, 4.69) is 22.3 Å². The maximum atomic E-state index is 5.55.